The van der Waals surface area contributed by atoms with Gasteiger partial charge in [-0.05, 0) is 57.8 Å². The number of hydrogen-bond donors (Lipinski definition) is 0. The lowest BCUT2D eigenvalue weighted by atomic mass is 9.96. The van der Waals surface area contributed by atoms with Gasteiger partial charge in [0.05, 0.1) is 25.7 Å². The maximum Gasteiger partial charge on any atom is 0.0890 e. The molecule has 0 spiro atoms. The SMILES string of the molecule is CCCCCCC(CCC)[N+](CCCCCC)(CCCCCC)CCCCCC. The van der Waals surface area contributed by atoms with E-state index in [1.165, 1.54) is 146 Å². The van der Waals surface area contributed by atoms with Gasteiger partial charge in [-0.15, -0.1) is 0 Å². The zero-order chi connectivity index (χ0) is 21.6. The van der Waals surface area contributed by atoms with Gasteiger partial charge in [0, 0.05) is 0 Å². The van der Waals surface area contributed by atoms with E-state index in [-0.39, 0.29) is 0 Å². The van der Waals surface area contributed by atoms with Gasteiger partial charge in [-0.25, -0.2) is 0 Å². The fraction of sp³-hybridized carbons (Fsp3) is 1.00. The topological polar surface area (TPSA) is 0 Å². The van der Waals surface area contributed by atoms with Crippen LogP contribution in [0.25, 0.3) is 0 Å². The summed E-state index contributed by atoms with van der Waals surface area (Å²) in [5.74, 6) is 0. The van der Waals surface area contributed by atoms with E-state index in [4.69, 9.17) is 0 Å². The molecule has 0 aromatic carbocycles. The first-order valence-electron chi connectivity index (χ1n) is 14.1. The van der Waals surface area contributed by atoms with Crippen molar-refractivity contribution in [3.63, 3.8) is 0 Å². The van der Waals surface area contributed by atoms with Gasteiger partial charge in [0.25, 0.3) is 0 Å². The molecule has 0 aromatic rings. The van der Waals surface area contributed by atoms with Gasteiger partial charge in [0.1, 0.15) is 0 Å². The highest BCUT2D eigenvalue weighted by molar-refractivity contribution is 4.64. The van der Waals surface area contributed by atoms with Gasteiger partial charge in [0.15, 0.2) is 0 Å². The van der Waals surface area contributed by atoms with E-state index < -0.39 is 0 Å². The van der Waals surface area contributed by atoms with Crippen LogP contribution in [-0.2, 0) is 0 Å². The van der Waals surface area contributed by atoms with Crippen LogP contribution in [0.2, 0.25) is 0 Å². The lowest BCUT2D eigenvalue weighted by molar-refractivity contribution is -0.952. The van der Waals surface area contributed by atoms with E-state index >= 15 is 0 Å². The van der Waals surface area contributed by atoms with Gasteiger partial charge in [-0.3, -0.25) is 0 Å². The van der Waals surface area contributed by atoms with E-state index in [0.29, 0.717) is 0 Å². The van der Waals surface area contributed by atoms with Crippen molar-refractivity contribution in [3.05, 3.63) is 0 Å². The minimum atomic E-state index is 0.932. The van der Waals surface area contributed by atoms with Crippen molar-refractivity contribution in [2.45, 2.75) is 163 Å². The van der Waals surface area contributed by atoms with Crippen molar-refractivity contribution in [2.75, 3.05) is 19.6 Å². The summed E-state index contributed by atoms with van der Waals surface area (Å²) in [6, 6.07) is 0.932. The minimum absolute atomic E-state index is 0.932. The molecule has 0 radical (unpaired) electrons. The summed E-state index contributed by atoms with van der Waals surface area (Å²) in [7, 11) is 0. The highest BCUT2D eigenvalue weighted by atomic mass is 15.4. The lowest BCUT2D eigenvalue weighted by Gasteiger charge is -2.46. The van der Waals surface area contributed by atoms with Gasteiger partial charge < -0.3 is 4.48 Å². The predicted octanol–water partition coefficient (Wildman–Crippen LogP) is 9.68. The molecule has 0 bridgehead atoms. The second-order valence-electron chi connectivity index (χ2n) is 9.86. The molecule has 1 atom stereocenters. The lowest BCUT2D eigenvalue weighted by Crippen LogP contribution is -2.57. The normalized spacial score (nSPS) is 13.1. The Hall–Kier alpha value is -0.0400. The van der Waals surface area contributed by atoms with Crippen LogP contribution in [0.4, 0.5) is 0 Å². The highest BCUT2D eigenvalue weighted by Gasteiger charge is 2.34. The van der Waals surface area contributed by atoms with Gasteiger partial charge in [-0.1, -0.05) is 98.8 Å². The Bertz CT molecular complexity index is 280. The van der Waals surface area contributed by atoms with Crippen LogP contribution in [0.3, 0.4) is 0 Å². The summed E-state index contributed by atoms with van der Waals surface area (Å²) in [6.07, 6.45) is 27.2. The van der Waals surface area contributed by atoms with E-state index in [1.807, 2.05) is 0 Å². The first kappa shape index (κ1) is 29.0. The molecule has 0 rings (SSSR count). The first-order chi connectivity index (χ1) is 14.2. The molecule has 0 fully saturated rings. The molecule has 29 heavy (non-hydrogen) atoms. The van der Waals surface area contributed by atoms with Crippen molar-refractivity contribution >= 4 is 0 Å². The number of unbranched alkanes of at least 4 members (excludes halogenated alkanes) is 12. The quantitative estimate of drug-likeness (QED) is 0.116. The number of rotatable bonds is 23. The van der Waals surface area contributed by atoms with Crippen LogP contribution in [0, 0.1) is 0 Å². The van der Waals surface area contributed by atoms with Gasteiger partial charge >= 0.3 is 0 Å². The Labute approximate surface area is 187 Å². The molecular formula is C28H60N+. The summed E-state index contributed by atoms with van der Waals surface area (Å²) in [5.41, 5.74) is 0. The highest BCUT2D eigenvalue weighted by Crippen LogP contribution is 2.28. The minimum Gasteiger partial charge on any atom is -0.321 e. The molecule has 0 N–H and O–H groups in total. The van der Waals surface area contributed by atoms with Crippen molar-refractivity contribution in [1.82, 2.24) is 0 Å². The zero-order valence-corrected chi connectivity index (χ0v) is 21.6. The first-order valence-corrected chi connectivity index (χ1v) is 14.1. The molecule has 0 heterocycles. The zero-order valence-electron chi connectivity index (χ0n) is 21.6. The molecule has 0 aliphatic heterocycles. The molecule has 1 heteroatoms. The number of nitrogens with zero attached hydrogens (tertiary/aromatic N) is 1. The van der Waals surface area contributed by atoms with E-state index in [2.05, 4.69) is 34.6 Å². The molecule has 1 nitrogen and oxygen atoms in total. The van der Waals surface area contributed by atoms with E-state index in [9.17, 15) is 0 Å². The van der Waals surface area contributed by atoms with Crippen molar-refractivity contribution in [1.29, 1.82) is 0 Å². The Morgan fingerprint density at radius 3 is 1.10 bits per heavy atom. The molecule has 0 aliphatic carbocycles. The third kappa shape index (κ3) is 14.6. The molecule has 0 aromatic heterocycles. The van der Waals surface area contributed by atoms with Gasteiger partial charge in [-0.2, -0.15) is 0 Å². The molecule has 0 aliphatic rings. The third-order valence-corrected chi connectivity index (χ3v) is 7.16. The average molecular weight is 411 g/mol. The largest absolute Gasteiger partial charge is 0.321 e. The van der Waals surface area contributed by atoms with Gasteiger partial charge in [0.2, 0.25) is 0 Å². The summed E-state index contributed by atoms with van der Waals surface area (Å²) in [6.45, 7) is 16.2. The monoisotopic (exact) mass is 410 g/mol. The Morgan fingerprint density at radius 2 is 0.759 bits per heavy atom. The molecular weight excluding hydrogens is 350 g/mol. The van der Waals surface area contributed by atoms with Crippen LogP contribution in [0.15, 0.2) is 0 Å². The fourth-order valence-corrected chi connectivity index (χ4v) is 5.28. The Balaban J connectivity index is 5.25. The van der Waals surface area contributed by atoms with Crippen LogP contribution in [0.5, 0.6) is 0 Å². The molecule has 1 unspecified atom stereocenters. The maximum absolute atomic E-state index is 2.43. The van der Waals surface area contributed by atoms with E-state index in [1.54, 1.807) is 0 Å². The van der Waals surface area contributed by atoms with Crippen molar-refractivity contribution in [3.8, 4) is 0 Å². The Kier molecular flexibility index (Phi) is 21.2. The molecule has 0 saturated heterocycles. The average Bonchev–Trinajstić information content (AvgIpc) is 2.73. The Morgan fingerprint density at radius 1 is 0.379 bits per heavy atom. The van der Waals surface area contributed by atoms with Crippen LogP contribution >= 0.6 is 0 Å². The van der Waals surface area contributed by atoms with Crippen molar-refractivity contribution < 1.29 is 4.48 Å². The molecule has 176 valence electrons. The maximum atomic E-state index is 2.43. The smallest absolute Gasteiger partial charge is 0.0890 e. The summed E-state index contributed by atoms with van der Waals surface area (Å²) in [4.78, 5) is 0. The molecule has 0 amide bonds. The predicted molar refractivity (Wildman–Crippen MR) is 135 cm³/mol. The van der Waals surface area contributed by atoms with Crippen LogP contribution in [-0.4, -0.2) is 30.2 Å². The number of hydrogen-bond acceptors (Lipinski definition) is 0. The number of quaternary nitrogens is 1. The third-order valence-electron chi connectivity index (χ3n) is 7.16. The fourth-order valence-electron chi connectivity index (χ4n) is 5.28. The second-order valence-corrected chi connectivity index (χ2v) is 9.86. The van der Waals surface area contributed by atoms with Crippen LogP contribution < -0.4 is 0 Å². The van der Waals surface area contributed by atoms with E-state index in [0.717, 1.165) is 6.04 Å². The summed E-state index contributed by atoms with van der Waals surface area (Å²) >= 11 is 0. The van der Waals surface area contributed by atoms with Crippen molar-refractivity contribution in [2.24, 2.45) is 0 Å². The standard InChI is InChI=1S/C28H60N/c1-6-11-15-19-24-28(23-10-5)29(25-20-16-12-7-2,26-21-17-13-8-3)27-22-18-14-9-4/h28H,6-27H2,1-5H3/q+1. The summed E-state index contributed by atoms with van der Waals surface area (Å²) in [5, 5.41) is 0. The molecule has 0 saturated carbocycles. The van der Waals surface area contributed by atoms with Crippen LogP contribution in [0.1, 0.15) is 157 Å². The second kappa shape index (κ2) is 21.2. The summed E-state index contributed by atoms with van der Waals surface area (Å²) < 4.78 is 1.48.